The van der Waals surface area contributed by atoms with Crippen LogP contribution in [0, 0.1) is 0 Å². The minimum absolute atomic E-state index is 0.223. The summed E-state index contributed by atoms with van der Waals surface area (Å²) in [6.45, 7) is 3.47. The predicted molar refractivity (Wildman–Crippen MR) is 104 cm³/mol. The third kappa shape index (κ3) is 3.90. The van der Waals surface area contributed by atoms with Crippen molar-refractivity contribution in [2.75, 3.05) is 19.6 Å². The Morgan fingerprint density at radius 3 is 2.32 bits per heavy atom. The van der Waals surface area contributed by atoms with Crippen LogP contribution < -0.4 is 10.6 Å². The molecule has 0 aromatic heterocycles. The van der Waals surface area contributed by atoms with Gasteiger partial charge in [0.15, 0.2) is 0 Å². The van der Waals surface area contributed by atoms with E-state index in [2.05, 4.69) is 27.7 Å². The first-order valence-electron chi connectivity index (χ1n) is 10.3. The molecule has 7 nitrogen and oxygen atoms in total. The quantitative estimate of drug-likeness (QED) is 0.733. The number of nitrogens with one attached hydrogen (secondary N) is 2. The van der Waals surface area contributed by atoms with E-state index in [4.69, 9.17) is 0 Å². The van der Waals surface area contributed by atoms with Crippen molar-refractivity contribution < 1.29 is 14.4 Å². The van der Waals surface area contributed by atoms with Crippen LogP contribution in [0.3, 0.4) is 0 Å². The smallest absolute Gasteiger partial charge is 0.325 e. The number of hydrogen-bond donors (Lipinski definition) is 2. The highest BCUT2D eigenvalue weighted by Gasteiger charge is 2.52. The molecule has 4 rings (SSSR count). The molecule has 1 aromatic rings. The largest absolute Gasteiger partial charge is 0.350 e. The van der Waals surface area contributed by atoms with Crippen LogP contribution in [0.4, 0.5) is 4.79 Å². The van der Waals surface area contributed by atoms with Gasteiger partial charge >= 0.3 is 6.03 Å². The van der Waals surface area contributed by atoms with Gasteiger partial charge in [-0.15, -0.1) is 0 Å². The summed E-state index contributed by atoms with van der Waals surface area (Å²) in [5.74, 6) is -0.573. The Kier molecular flexibility index (Phi) is 5.35. The van der Waals surface area contributed by atoms with Gasteiger partial charge in [-0.25, -0.2) is 4.79 Å². The van der Waals surface area contributed by atoms with Crippen molar-refractivity contribution >= 4 is 17.8 Å². The fraction of sp³-hybridized carbons (Fsp3) is 0.571. The number of carbonyl (C=O) groups is 3. The maximum absolute atomic E-state index is 12.6. The lowest BCUT2D eigenvalue weighted by Gasteiger charge is -2.19. The first-order valence-corrected chi connectivity index (χ1v) is 10.3. The summed E-state index contributed by atoms with van der Waals surface area (Å²) in [5, 5.41) is 5.61. The van der Waals surface area contributed by atoms with Crippen LogP contribution in [-0.4, -0.2) is 52.8 Å². The highest BCUT2D eigenvalue weighted by atomic mass is 16.2. The molecule has 2 saturated heterocycles. The summed E-state index contributed by atoms with van der Waals surface area (Å²) in [7, 11) is 0. The fourth-order valence-corrected chi connectivity index (χ4v) is 4.50. The minimum Gasteiger partial charge on any atom is -0.350 e. The average molecular weight is 384 g/mol. The van der Waals surface area contributed by atoms with Crippen LogP contribution in [0.2, 0.25) is 0 Å². The summed E-state index contributed by atoms with van der Waals surface area (Å²) in [6.07, 6.45) is 5.75. The molecule has 150 valence electrons. The molecular weight excluding hydrogens is 356 g/mol. The lowest BCUT2D eigenvalue weighted by molar-refractivity contribution is -0.134. The van der Waals surface area contributed by atoms with Crippen LogP contribution >= 0.6 is 0 Å². The van der Waals surface area contributed by atoms with Crippen molar-refractivity contribution in [3.63, 3.8) is 0 Å². The number of hydrogen-bond acceptors (Lipinski definition) is 4. The summed E-state index contributed by atoms with van der Waals surface area (Å²) in [5.41, 5.74) is 1.52. The van der Waals surface area contributed by atoms with Crippen LogP contribution in [0.1, 0.15) is 49.7 Å². The maximum Gasteiger partial charge on any atom is 0.325 e. The van der Waals surface area contributed by atoms with Crippen molar-refractivity contribution in [3.05, 3.63) is 35.4 Å². The molecule has 0 bridgehead atoms. The Morgan fingerprint density at radius 2 is 1.64 bits per heavy atom. The molecule has 0 radical (unpaired) electrons. The number of amides is 4. The van der Waals surface area contributed by atoms with E-state index in [1.807, 2.05) is 12.1 Å². The summed E-state index contributed by atoms with van der Waals surface area (Å²) in [4.78, 5) is 40.5. The molecule has 1 aromatic carbocycles. The van der Waals surface area contributed by atoms with E-state index in [1.54, 1.807) is 0 Å². The van der Waals surface area contributed by atoms with Crippen molar-refractivity contribution in [1.29, 1.82) is 0 Å². The normalized spacial score (nSPS) is 21.5. The number of likely N-dealkylation sites (tertiary alicyclic amines) is 1. The van der Waals surface area contributed by atoms with Crippen LogP contribution in [0.5, 0.6) is 0 Å². The van der Waals surface area contributed by atoms with Gasteiger partial charge in [0.25, 0.3) is 5.91 Å². The van der Waals surface area contributed by atoms with Gasteiger partial charge in [0.2, 0.25) is 5.91 Å². The van der Waals surface area contributed by atoms with Crippen molar-refractivity contribution in [2.24, 2.45) is 0 Å². The fourth-order valence-electron chi connectivity index (χ4n) is 4.50. The van der Waals surface area contributed by atoms with E-state index in [9.17, 15) is 14.4 Å². The second-order valence-corrected chi connectivity index (χ2v) is 8.19. The zero-order valence-corrected chi connectivity index (χ0v) is 16.2. The highest BCUT2D eigenvalue weighted by molar-refractivity contribution is 6.09. The van der Waals surface area contributed by atoms with Gasteiger partial charge in [-0.1, -0.05) is 37.1 Å². The Morgan fingerprint density at radius 1 is 1.00 bits per heavy atom. The number of benzene rings is 1. The van der Waals surface area contributed by atoms with E-state index in [0.717, 1.165) is 29.8 Å². The van der Waals surface area contributed by atoms with E-state index < -0.39 is 11.6 Å². The Balaban J connectivity index is 1.26. The van der Waals surface area contributed by atoms with Gasteiger partial charge in [-0.3, -0.25) is 19.4 Å². The van der Waals surface area contributed by atoms with Gasteiger partial charge in [0, 0.05) is 13.1 Å². The molecule has 2 heterocycles. The summed E-state index contributed by atoms with van der Waals surface area (Å²) < 4.78 is 0. The summed E-state index contributed by atoms with van der Waals surface area (Å²) in [6, 6.07) is 7.79. The third-order valence-electron chi connectivity index (χ3n) is 6.12. The molecule has 1 saturated carbocycles. The summed E-state index contributed by atoms with van der Waals surface area (Å²) >= 11 is 0. The van der Waals surface area contributed by atoms with Crippen molar-refractivity contribution in [3.8, 4) is 0 Å². The molecule has 0 atom stereocenters. The van der Waals surface area contributed by atoms with E-state index >= 15 is 0 Å². The van der Waals surface area contributed by atoms with E-state index in [0.29, 0.717) is 19.4 Å². The van der Waals surface area contributed by atoms with E-state index in [1.165, 1.54) is 31.5 Å². The van der Waals surface area contributed by atoms with Gasteiger partial charge in [-0.05, 0) is 49.9 Å². The Labute approximate surface area is 165 Å². The maximum atomic E-state index is 12.6. The first kappa shape index (κ1) is 18.9. The highest BCUT2D eigenvalue weighted by Crippen LogP contribution is 2.34. The molecule has 1 aliphatic carbocycles. The second kappa shape index (κ2) is 7.91. The molecule has 0 unspecified atom stereocenters. The Hall–Kier alpha value is -2.41. The zero-order chi connectivity index (χ0) is 19.6. The topological polar surface area (TPSA) is 81.8 Å². The van der Waals surface area contributed by atoms with Crippen LogP contribution in [0.15, 0.2) is 24.3 Å². The number of imide groups is 1. The zero-order valence-electron chi connectivity index (χ0n) is 16.2. The van der Waals surface area contributed by atoms with E-state index in [-0.39, 0.29) is 18.4 Å². The van der Waals surface area contributed by atoms with Crippen LogP contribution in [0.25, 0.3) is 0 Å². The monoisotopic (exact) mass is 384 g/mol. The van der Waals surface area contributed by atoms with Crippen molar-refractivity contribution in [2.45, 2.75) is 57.2 Å². The van der Waals surface area contributed by atoms with Gasteiger partial charge in [0.1, 0.15) is 12.1 Å². The number of urea groups is 1. The third-order valence-corrected chi connectivity index (χ3v) is 6.12. The SMILES string of the molecule is O=C(CN1C(=O)NC2(CCCC2)C1=O)NCc1ccc(CN2CCCC2)cc1. The number of rotatable bonds is 6. The molecule has 1 spiro atoms. The lowest BCUT2D eigenvalue weighted by Crippen LogP contribution is -2.45. The molecule has 2 N–H and O–H groups in total. The molecule has 3 fully saturated rings. The second-order valence-electron chi connectivity index (χ2n) is 8.19. The average Bonchev–Trinajstić information content (AvgIpc) is 3.41. The van der Waals surface area contributed by atoms with Gasteiger partial charge in [0.05, 0.1) is 0 Å². The molecular formula is C21H28N4O3. The molecule has 3 aliphatic rings. The lowest BCUT2D eigenvalue weighted by atomic mass is 9.98. The van der Waals surface area contributed by atoms with Gasteiger partial charge in [-0.2, -0.15) is 0 Å². The number of carbonyl (C=O) groups excluding carboxylic acids is 3. The van der Waals surface area contributed by atoms with Gasteiger partial charge < -0.3 is 10.6 Å². The molecule has 4 amide bonds. The standard InChI is InChI=1S/C21H28N4O3/c26-18(15-25-19(27)21(23-20(25)28)9-1-2-10-21)22-13-16-5-7-17(8-6-16)14-24-11-3-4-12-24/h5-8H,1-4,9-15H2,(H,22,26)(H,23,28). The molecule has 2 aliphatic heterocycles. The Bertz CT molecular complexity index is 749. The minimum atomic E-state index is -0.761. The number of nitrogens with zero attached hydrogens (tertiary/aromatic N) is 2. The first-order chi connectivity index (χ1) is 13.6. The molecule has 28 heavy (non-hydrogen) atoms. The van der Waals surface area contributed by atoms with Crippen LogP contribution in [-0.2, 0) is 22.7 Å². The molecule has 7 heteroatoms. The predicted octanol–water partition coefficient (Wildman–Crippen LogP) is 1.76. The van der Waals surface area contributed by atoms with Crippen molar-refractivity contribution in [1.82, 2.24) is 20.4 Å².